The Bertz CT molecular complexity index is 1460. The third-order valence-corrected chi connectivity index (χ3v) is 9.96. The van der Waals surface area contributed by atoms with Crippen LogP contribution >= 0.6 is 11.6 Å². The zero-order valence-corrected chi connectivity index (χ0v) is 30.1. The fourth-order valence-electron chi connectivity index (χ4n) is 6.86. The minimum absolute atomic E-state index is 0.0419. The highest BCUT2D eigenvalue weighted by molar-refractivity contribution is 6.38. The molecule has 4 amide bonds. The fourth-order valence-corrected chi connectivity index (χ4v) is 7.05. The molecule has 4 N–H and O–H groups in total. The zero-order valence-electron chi connectivity index (χ0n) is 29.3. The molecule has 0 bridgehead atoms. The Morgan fingerprint density at radius 3 is 2.34 bits per heavy atom. The van der Waals surface area contributed by atoms with Gasteiger partial charge in [0.1, 0.15) is 12.1 Å². The van der Waals surface area contributed by atoms with E-state index in [0.717, 1.165) is 43.2 Å². The molecule has 50 heavy (non-hydrogen) atoms. The lowest BCUT2D eigenvalue weighted by Crippen LogP contribution is -2.55. The number of hydrogen-bond donors (Lipinski definition) is 4. The van der Waals surface area contributed by atoms with Crippen LogP contribution in [0.1, 0.15) is 89.4 Å². The van der Waals surface area contributed by atoms with E-state index in [2.05, 4.69) is 21.3 Å². The van der Waals surface area contributed by atoms with Crippen molar-refractivity contribution in [1.82, 2.24) is 21.3 Å². The number of benzene rings is 2. The van der Waals surface area contributed by atoms with Gasteiger partial charge in [-0.25, -0.2) is 4.79 Å². The smallest absolute Gasteiger partial charge is 0.408 e. The largest absolute Gasteiger partial charge is 0.440 e. The molecule has 272 valence electrons. The van der Waals surface area contributed by atoms with Crippen molar-refractivity contribution in [3.05, 3.63) is 70.7 Å². The maximum absolute atomic E-state index is 14.1. The highest BCUT2D eigenvalue weighted by atomic mass is 35.5. The molecule has 1 heterocycles. The van der Waals surface area contributed by atoms with E-state index in [-0.39, 0.29) is 31.4 Å². The first kappa shape index (κ1) is 38.8. The minimum atomic E-state index is -1.27. The highest BCUT2D eigenvalue weighted by Crippen LogP contribution is 2.40. The van der Waals surface area contributed by atoms with Crippen LogP contribution in [-0.4, -0.2) is 68.0 Å². The Hall–Kier alpha value is -3.96. The Balaban J connectivity index is 1.56. The number of carbonyl (C=O) groups excluding carboxylic acids is 5. The number of halogens is 1. The van der Waals surface area contributed by atoms with Crippen LogP contribution in [0.25, 0.3) is 0 Å². The summed E-state index contributed by atoms with van der Waals surface area (Å²) in [5.41, 5.74) is 0.899. The molecule has 2 aliphatic rings. The van der Waals surface area contributed by atoms with Gasteiger partial charge in [0.15, 0.2) is 0 Å². The SMILES string of the molecule is CCOCCNC(=O)C(=O)[C@H](C[C@@H]1CCNC1=O)NC(=O)[C@H](CC1CCCCC1)NC(=O)OC(c1ccccc1)C(C)(C)c1cccc(Cl)c1. The molecule has 4 rings (SSSR count). The van der Waals surface area contributed by atoms with Crippen LogP contribution in [0.3, 0.4) is 0 Å². The predicted octanol–water partition coefficient (Wildman–Crippen LogP) is 5.16. The molecular formula is C38H51ClN4O7. The lowest BCUT2D eigenvalue weighted by atomic mass is 9.76. The lowest BCUT2D eigenvalue weighted by Gasteiger charge is -2.35. The van der Waals surface area contributed by atoms with Gasteiger partial charge in [0, 0.05) is 36.1 Å². The molecular weight excluding hydrogens is 660 g/mol. The first-order valence-electron chi connectivity index (χ1n) is 17.8. The van der Waals surface area contributed by atoms with Crippen molar-refractivity contribution >= 4 is 41.2 Å². The van der Waals surface area contributed by atoms with Crippen molar-refractivity contribution < 1.29 is 33.4 Å². The summed E-state index contributed by atoms with van der Waals surface area (Å²) >= 11 is 6.34. The fraction of sp³-hybridized carbons (Fsp3) is 0.553. The summed E-state index contributed by atoms with van der Waals surface area (Å²) in [5, 5.41) is 11.4. The van der Waals surface area contributed by atoms with Crippen molar-refractivity contribution in [2.75, 3.05) is 26.3 Å². The molecule has 12 heteroatoms. The maximum atomic E-state index is 14.1. The van der Waals surface area contributed by atoms with E-state index in [1.165, 1.54) is 0 Å². The molecule has 4 atom stereocenters. The van der Waals surface area contributed by atoms with Gasteiger partial charge in [0.25, 0.3) is 5.91 Å². The average molecular weight is 711 g/mol. The van der Waals surface area contributed by atoms with Crippen LogP contribution in [-0.2, 0) is 34.1 Å². The first-order chi connectivity index (χ1) is 24.0. The summed E-state index contributed by atoms with van der Waals surface area (Å²) in [4.78, 5) is 66.6. The zero-order chi connectivity index (χ0) is 36.1. The van der Waals surface area contributed by atoms with Gasteiger partial charge in [0.2, 0.25) is 17.6 Å². The quantitative estimate of drug-likeness (QED) is 0.131. The van der Waals surface area contributed by atoms with E-state index >= 15 is 0 Å². The second-order valence-corrected chi connectivity index (χ2v) is 14.2. The number of ketones is 1. The number of amides is 4. The Kier molecular flexibility index (Phi) is 14.7. The summed E-state index contributed by atoms with van der Waals surface area (Å²) in [6, 6.07) is 14.4. The number of Topliss-reactive ketones (excluding diaryl/α,β-unsaturated/α-hetero) is 1. The van der Waals surface area contributed by atoms with Crippen LogP contribution < -0.4 is 21.3 Å². The van der Waals surface area contributed by atoms with E-state index in [0.29, 0.717) is 31.0 Å². The standard InChI is InChI=1S/C38H51ClN4O7/c1-4-49-21-20-41-36(47)32(44)30(23-27-18-19-40-34(27)45)42-35(46)31(22-25-12-7-5-8-13-25)43-37(48)50-33(26-14-9-6-10-15-26)38(2,3)28-16-11-17-29(39)24-28/h6,9-11,14-17,24-25,27,30-31,33H,4-5,7-8,12-13,18-23H2,1-3H3,(H,40,45)(H,41,47)(H,42,46)(H,43,48)/t27-,30-,31-,33?/m0/s1. The summed E-state index contributed by atoms with van der Waals surface area (Å²) in [6.07, 6.45) is 4.18. The molecule has 0 radical (unpaired) electrons. The summed E-state index contributed by atoms with van der Waals surface area (Å²) in [7, 11) is 0. The Labute approximate surface area is 300 Å². The third kappa shape index (κ3) is 11.0. The second kappa shape index (κ2) is 18.9. The number of ether oxygens (including phenoxy) is 2. The van der Waals surface area contributed by atoms with Gasteiger partial charge in [0.05, 0.1) is 12.6 Å². The van der Waals surface area contributed by atoms with Crippen molar-refractivity contribution in [3.8, 4) is 0 Å². The average Bonchev–Trinajstić information content (AvgIpc) is 3.52. The van der Waals surface area contributed by atoms with Crippen molar-refractivity contribution in [2.24, 2.45) is 11.8 Å². The van der Waals surface area contributed by atoms with Crippen LogP contribution in [0.4, 0.5) is 4.79 Å². The molecule has 1 unspecified atom stereocenters. The minimum Gasteiger partial charge on any atom is -0.440 e. The summed E-state index contributed by atoms with van der Waals surface area (Å²) in [6.45, 7) is 7.00. The van der Waals surface area contributed by atoms with Gasteiger partial charge in [-0.15, -0.1) is 0 Å². The van der Waals surface area contributed by atoms with E-state index in [1.807, 2.05) is 69.3 Å². The first-order valence-corrected chi connectivity index (χ1v) is 18.1. The Morgan fingerprint density at radius 2 is 1.68 bits per heavy atom. The topological polar surface area (TPSA) is 152 Å². The van der Waals surface area contributed by atoms with Crippen LogP contribution in [0, 0.1) is 11.8 Å². The second-order valence-electron chi connectivity index (χ2n) is 13.8. The number of alkyl carbamates (subject to hydrolysis) is 1. The van der Waals surface area contributed by atoms with Gasteiger partial charge in [-0.05, 0) is 55.4 Å². The van der Waals surface area contributed by atoms with E-state index < -0.39 is 53.2 Å². The maximum Gasteiger partial charge on any atom is 0.408 e. The van der Waals surface area contributed by atoms with Gasteiger partial charge < -0.3 is 30.7 Å². The van der Waals surface area contributed by atoms with Crippen molar-refractivity contribution in [3.63, 3.8) is 0 Å². The van der Waals surface area contributed by atoms with Gasteiger partial charge in [-0.1, -0.05) is 100 Å². The highest BCUT2D eigenvalue weighted by Gasteiger charge is 2.39. The molecule has 11 nitrogen and oxygen atoms in total. The monoisotopic (exact) mass is 710 g/mol. The molecule has 2 aromatic carbocycles. The van der Waals surface area contributed by atoms with E-state index in [1.54, 1.807) is 6.07 Å². The number of nitrogens with one attached hydrogen (secondary N) is 4. The molecule has 0 aromatic heterocycles. The predicted molar refractivity (Wildman–Crippen MR) is 190 cm³/mol. The molecule has 1 saturated carbocycles. The molecule has 0 spiro atoms. The van der Waals surface area contributed by atoms with Gasteiger partial charge >= 0.3 is 6.09 Å². The van der Waals surface area contributed by atoms with Crippen molar-refractivity contribution in [1.29, 1.82) is 0 Å². The number of rotatable bonds is 17. The lowest BCUT2D eigenvalue weighted by molar-refractivity contribution is -0.141. The van der Waals surface area contributed by atoms with Crippen LogP contribution in [0.2, 0.25) is 5.02 Å². The summed E-state index contributed by atoms with van der Waals surface area (Å²) < 4.78 is 11.4. The Morgan fingerprint density at radius 1 is 0.940 bits per heavy atom. The third-order valence-electron chi connectivity index (χ3n) is 9.73. The normalized spacial score (nSPS) is 18.3. The number of carbonyl (C=O) groups is 5. The molecule has 2 fully saturated rings. The van der Waals surface area contributed by atoms with E-state index in [4.69, 9.17) is 21.1 Å². The van der Waals surface area contributed by atoms with Crippen LogP contribution in [0.5, 0.6) is 0 Å². The summed E-state index contributed by atoms with van der Waals surface area (Å²) in [5.74, 6) is -2.96. The van der Waals surface area contributed by atoms with Gasteiger partial charge in [-0.3, -0.25) is 19.2 Å². The molecule has 2 aromatic rings. The van der Waals surface area contributed by atoms with Crippen molar-refractivity contribution in [2.45, 2.75) is 95.7 Å². The molecule has 1 aliphatic heterocycles. The van der Waals surface area contributed by atoms with Crippen LogP contribution in [0.15, 0.2) is 54.6 Å². The van der Waals surface area contributed by atoms with Gasteiger partial charge in [-0.2, -0.15) is 0 Å². The molecule has 1 saturated heterocycles. The molecule has 1 aliphatic carbocycles. The number of hydrogen-bond acceptors (Lipinski definition) is 7. The van der Waals surface area contributed by atoms with E-state index in [9.17, 15) is 24.0 Å².